The van der Waals surface area contributed by atoms with Crippen LogP contribution in [0.15, 0.2) is 9.95 Å². The van der Waals surface area contributed by atoms with Crippen LogP contribution in [-0.2, 0) is 29.0 Å². The monoisotopic (exact) mass is 405 g/mol. The maximum atomic E-state index is 13.1. The van der Waals surface area contributed by atoms with E-state index >= 15 is 0 Å². The molecule has 144 valence electrons. The number of likely N-dealkylation sites (tertiary alicyclic amines) is 1. The highest BCUT2D eigenvalue weighted by molar-refractivity contribution is 7.99. The third-order valence-electron chi connectivity index (χ3n) is 5.40. The Morgan fingerprint density at radius 3 is 2.85 bits per heavy atom. The molecule has 2 aromatic heterocycles. The van der Waals surface area contributed by atoms with Crippen LogP contribution in [0.1, 0.15) is 43.6 Å². The molecule has 1 atom stereocenters. The Bertz CT molecular complexity index is 979. The summed E-state index contributed by atoms with van der Waals surface area (Å²) in [6.45, 7) is 5.19. The zero-order chi connectivity index (χ0) is 19.1. The van der Waals surface area contributed by atoms with E-state index in [-0.39, 0.29) is 23.1 Å². The van der Waals surface area contributed by atoms with E-state index in [2.05, 4.69) is 6.92 Å². The number of carbonyl (C=O) groups is 2. The first-order valence-corrected chi connectivity index (χ1v) is 11.3. The van der Waals surface area contributed by atoms with E-state index in [1.165, 1.54) is 27.1 Å². The van der Waals surface area contributed by atoms with Crippen LogP contribution in [-0.4, -0.2) is 38.6 Å². The molecule has 27 heavy (non-hydrogen) atoms. The van der Waals surface area contributed by atoms with E-state index in [4.69, 9.17) is 4.98 Å². The van der Waals surface area contributed by atoms with E-state index < -0.39 is 0 Å². The summed E-state index contributed by atoms with van der Waals surface area (Å²) in [4.78, 5) is 45.3. The van der Waals surface area contributed by atoms with Gasteiger partial charge < -0.3 is 0 Å². The number of hydrogen-bond donors (Lipinski definition) is 0. The van der Waals surface area contributed by atoms with E-state index in [1.807, 2.05) is 6.92 Å². The molecule has 0 bridgehead atoms. The highest BCUT2D eigenvalue weighted by Gasteiger charge is 2.28. The number of amides is 2. The highest BCUT2D eigenvalue weighted by atomic mass is 32.2. The van der Waals surface area contributed by atoms with Crippen molar-refractivity contribution in [3.63, 3.8) is 0 Å². The Morgan fingerprint density at radius 1 is 1.33 bits per heavy atom. The van der Waals surface area contributed by atoms with Gasteiger partial charge in [-0.05, 0) is 44.1 Å². The molecule has 0 spiro atoms. The van der Waals surface area contributed by atoms with Crippen molar-refractivity contribution in [1.82, 2.24) is 14.5 Å². The molecule has 3 heterocycles. The van der Waals surface area contributed by atoms with Gasteiger partial charge in [0, 0.05) is 24.4 Å². The van der Waals surface area contributed by atoms with Crippen LogP contribution < -0.4 is 5.56 Å². The first-order chi connectivity index (χ1) is 13.0. The minimum Gasteiger partial charge on any atom is -0.287 e. The molecule has 8 heteroatoms. The van der Waals surface area contributed by atoms with Gasteiger partial charge >= 0.3 is 0 Å². The zero-order valence-corrected chi connectivity index (χ0v) is 17.3. The number of fused-ring (bicyclic) bond motifs is 3. The molecule has 2 aliphatic rings. The SMILES string of the molecule is CCn1c(SCC(=O)N2CCCC2=O)nc2sc3c(c2c1=O)CCC(C)C3. The molecule has 1 unspecified atom stereocenters. The maximum Gasteiger partial charge on any atom is 0.263 e. The number of aryl methyl sites for hydroxylation is 1. The van der Waals surface area contributed by atoms with Gasteiger partial charge in [0.05, 0.1) is 11.1 Å². The highest BCUT2D eigenvalue weighted by Crippen LogP contribution is 2.36. The Kier molecular flexibility index (Phi) is 5.11. The second-order valence-corrected chi connectivity index (χ2v) is 9.33. The molecule has 1 fully saturated rings. The van der Waals surface area contributed by atoms with Crippen LogP contribution in [0.2, 0.25) is 0 Å². The minimum atomic E-state index is -0.196. The van der Waals surface area contributed by atoms with Crippen LogP contribution in [0.25, 0.3) is 10.2 Å². The quantitative estimate of drug-likeness (QED) is 0.578. The molecule has 0 N–H and O–H groups in total. The second-order valence-electron chi connectivity index (χ2n) is 7.31. The lowest BCUT2D eigenvalue weighted by molar-refractivity contribution is -0.140. The molecule has 0 radical (unpaired) electrons. The van der Waals surface area contributed by atoms with Gasteiger partial charge in [-0.2, -0.15) is 0 Å². The van der Waals surface area contributed by atoms with Gasteiger partial charge in [0.2, 0.25) is 11.8 Å². The molecular weight excluding hydrogens is 382 g/mol. The Labute approximate surface area is 166 Å². The summed E-state index contributed by atoms with van der Waals surface area (Å²) >= 11 is 2.88. The first-order valence-electron chi connectivity index (χ1n) is 9.50. The predicted molar refractivity (Wildman–Crippen MR) is 107 cm³/mol. The molecular formula is C19H23N3O3S2. The molecule has 0 aromatic carbocycles. The van der Waals surface area contributed by atoms with Gasteiger partial charge in [-0.3, -0.25) is 23.9 Å². The number of hydrogen-bond acceptors (Lipinski definition) is 6. The van der Waals surface area contributed by atoms with Gasteiger partial charge in [0.15, 0.2) is 5.16 Å². The van der Waals surface area contributed by atoms with Crippen LogP contribution in [0, 0.1) is 5.92 Å². The van der Waals surface area contributed by atoms with Gasteiger partial charge in [0.25, 0.3) is 5.56 Å². The van der Waals surface area contributed by atoms with Gasteiger partial charge in [0.1, 0.15) is 4.83 Å². The Balaban J connectivity index is 1.65. The fraction of sp³-hybridized carbons (Fsp3) is 0.579. The lowest BCUT2D eigenvalue weighted by Crippen LogP contribution is -2.33. The third-order valence-corrected chi connectivity index (χ3v) is 7.51. The molecule has 1 aliphatic heterocycles. The van der Waals surface area contributed by atoms with Gasteiger partial charge in [-0.15, -0.1) is 11.3 Å². The third kappa shape index (κ3) is 3.33. The standard InChI is InChI=1S/C19H23N3O3S2/c1-3-21-18(25)16-12-7-6-11(2)9-13(12)27-17(16)20-19(21)26-10-15(24)22-8-4-5-14(22)23/h11H,3-10H2,1-2H3. The Hall–Kier alpha value is -1.67. The average molecular weight is 406 g/mol. The number of carbonyl (C=O) groups excluding carboxylic acids is 2. The number of nitrogens with zero attached hydrogens (tertiary/aromatic N) is 3. The number of rotatable bonds is 4. The summed E-state index contributed by atoms with van der Waals surface area (Å²) in [6, 6.07) is 0. The van der Waals surface area contributed by atoms with E-state index in [1.54, 1.807) is 15.9 Å². The molecule has 4 rings (SSSR count). The fourth-order valence-corrected chi connectivity index (χ4v) is 6.27. The number of thiophene rings is 1. The average Bonchev–Trinajstić information content (AvgIpc) is 3.22. The van der Waals surface area contributed by atoms with Crippen molar-refractivity contribution in [2.75, 3.05) is 12.3 Å². The van der Waals surface area contributed by atoms with E-state index in [0.717, 1.165) is 35.9 Å². The predicted octanol–water partition coefficient (Wildman–Crippen LogP) is 2.84. The number of imide groups is 1. The van der Waals surface area contributed by atoms with Crippen molar-refractivity contribution in [3.05, 3.63) is 20.8 Å². The van der Waals surface area contributed by atoms with Crippen molar-refractivity contribution >= 4 is 45.1 Å². The minimum absolute atomic E-state index is 0.00162. The zero-order valence-electron chi connectivity index (χ0n) is 15.6. The Morgan fingerprint density at radius 2 is 2.15 bits per heavy atom. The first kappa shape index (κ1) is 18.7. The molecule has 2 amide bonds. The van der Waals surface area contributed by atoms with Gasteiger partial charge in [-0.1, -0.05) is 18.7 Å². The van der Waals surface area contributed by atoms with Crippen LogP contribution in [0.5, 0.6) is 0 Å². The van der Waals surface area contributed by atoms with Crippen molar-refractivity contribution in [1.29, 1.82) is 0 Å². The number of aromatic nitrogens is 2. The summed E-state index contributed by atoms with van der Waals surface area (Å²) in [5.41, 5.74) is 1.19. The van der Waals surface area contributed by atoms with Crippen molar-refractivity contribution in [2.45, 2.75) is 57.7 Å². The van der Waals surface area contributed by atoms with Crippen LogP contribution in [0.3, 0.4) is 0 Å². The molecule has 2 aromatic rings. The van der Waals surface area contributed by atoms with Crippen LogP contribution in [0.4, 0.5) is 0 Å². The number of thioether (sulfide) groups is 1. The fourth-order valence-electron chi connectivity index (χ4n) is 3.91. The molecule has 6 nitrogen and oxygen atoms in total. The lowest BCUT2D eigenvalue weighted by atomic mass is 9.89. The smallest absolute Gasteiger partial charge is 0.263 e. The van der Waals surface area contributed by atoms with E-state index in [0.29, 0.717) is 30.6 Å². The summed E-state index contributed by atoms with van der Waals surface area (Å²) in [5.74, 6) is 0.477. The van der Waals surface area contributed by atoms with Gasteiger partial charge in [-0.25, -0.2) is 4.98 Å². The topological polar surface area (TPSA) is 72.3 Å². The molecule has 1 aliphatic carbocycles. The molecule has 0 saturated carbocycles. The van der Waals surface area contributed by atoms with E-state index in [9.17, 15) is 14.4 Å². The van der Waals surface area contributed by atoms with Crippen molar-refractivity contribution < 1.29 is 9.59 Å². The summed E-state index contributed by atoms with van der Waals surface area (Å²) in [6.07, 6.45) is 4.25. The normalized spacial score (nSPS) is 19.7. The van der Waals surface area contributed by atoms with Crippen molar-refractivity contribution in [3.8, 4) is 0 Å². The summed E-state index contributed by atoms with van der Waals surface area (Å²) in [5, 5.41) is 1.34. The van der Waals surface area contributed by atoms with Crippen molar-refractivity contribution in [2.24, 2.45) is 5.92 Å². The summed E-state index contributed by atoms with van der Waals surface area (Å²) in [7, 11) is 0. The lowest BCUT2D eigenvalue weighted by Gasteiger charge is -2.17. The maximum absolute atomic E-state index is 13.1. The molecule has 1 saturated heterocycles. The summed E-state index contributed by atoms with van der Waals surface area (Å²) < 4.78 is 1.66. The second kappa shape index (κ2) is 7.39. The van der Waals surface area contributed by atoms with Crippen LogP contribution >= 0.6 is 23.1 Å². The largest absolute Gasteiger partial charge is 0.287 e.